The van der Waals surface area contributed by atoms with E-state index >= 15 is 0 Å². The SMILES string of the molecule is C[C@@H](C(=O)Nc1nc2ccccc2n1-c1ccccc1)N1C(=O)NC2(CCCC2)C1=O. The molecule has 2 N–H and O–H groups in total. The van der Waals surface area contributed by atoms with Crippen LogP contribution in [0.15, 0.2) is 54.6 Å². The molecule has 0 unspecified atom stereocenters. The maximum atomic E-state index is 13.1. The molecule has 0 radical (unpaired) electrons. The number of urea groups is 1. The minimum absolute atomic E-state index is 0.311. The molecule has 8 nitrogen and oxygen atoms in total. The number of benzene rings is 2. The van der Waals surface area contributed by atoms with Gasteiger partial charge in [0.25, 0.3) is 5.91 Å². The highest BCUT2D eigenvalue weighted by atomic mass is 16.2. The molecule has 4 amide bonds. The molecule has 2 aliphatic rings. The quantitative estimate of drug-likeness (QED) is 0.637. The first-order chi connectivity index (χ1) is 15.0. The molecule has 1 aliphatic carbocycles. The number of carbonyl (C=O) groups excluding carboxylic acids is 3. The minimum atomic E-state index is -0.962. The average Bonchev–Trinajstić information content (AvgIpc) is 3.45. The standard InChI is InChI=1S/C23H23N5O3/c1-15(27-20(30)23(26-22(27)31)13-7-8-14-23)19(29)25-21-24-17-11-5-6-12-18(17)28(21)16-9-3-2-4-10-16/h2-6,9-12,15H,7-8,13-14H2,1H3,(H,26,31)(H,24,25,29)/t15-/m0/s1. The van der Waals surface area contributed by atoms with Crippen LogP contribution in [-0.2, 0) is 9.59 Å². The van der Waals surface area contributed by atoms with Gasteiger partial charge >= 0.3 is 6.03 Å². The number of imide groups is 1. The topological polar surface area (TPSA) is 96.3 Å². The van der Waals surface area contributed by atoms with E-state index in [1.807, 2.05) is 59.2 Å². The lowest BCUT2D eigenvalue weighted by molar-refractivity contribution is -0.136. The number of nitrogens with one attached hydrogen (secondary N) is 2. The van der Waals surface area contributed by atoms with Crippen LogP contribution in [0.25, 0.3) is 16.7 Å². The second kappa shape index (κ2) is 7.23. The summed E-state index contributed by atoms with van der Waals surface area (Å²) in [6, 6.07) is 15.7. The van der Waals surface area contributed by atoms with E-state index in [2.05, 4.69) is 15.6 Å². The van der Waals surface area contributed by atoms with Gasteiger partial charge in [0.1, 0.15) is 11.6 Å². The number of hydrogen-bond donors (Lipinski definition) is 2. The van der Waals surface area contributed by atoms with E-state index in [-0.39, 0.29) is 5.91 Å². The molecule has 2 aromatic carbocycles. The third-order valence-electron chi connectivity index (χ3n) is 6.23. The Morgan fingerprint density at radius 3 is 2.48 bits per heavy atom. The fourth-order valence-corrected chi connectivity index (χ4v) is 4.59. The van der Waals surface area contributed by atoms with Crippen molar-refractivity contribution in [2.75, 3.05) is 5.32 Å². The van der Waals surface area contributed by atoms with Crippen LogP contribution in [0.5, 0.6) is 0 Å². The van der Waals surface area contributed by atoms with Crippen LogP contribution in [-0.4, -0.2) is 43.9 Å². The number of fused-ring (bicyclic) bond motifs is 1. The van der Waals surface area contributed by atoms with Crippen molar-refractivity contribution in [2.45, 2.75) is 44.2 Å². The average molecular weight is 417 g/mol. The normalized spacial score (nSPS) is 18.5. The van der Waals surface area contributed by atoms with Crippen LogP contribution in [0.4, 0.5) is 10.7 Å². The summed E-state index contributed by atoms with van der Waals surface area (Å²) in [5.74, 6) is -0.438. The molecule has 1 aromatic heterocycles. The smallest absolute Gasteiger partial charge is 0.323 e. The Hall–Kier alpha value is -3.68. The van der Waals surface area contributed by atoms with E-state index in [0.717, 1.165) is 34.5 Å². The molecule has 1 saturated carbocycles. The van der Waals surface area contributed by atoms with Gasteiger partial charge in [-0.3, -0.25) is 19.5 Å². The van der Waals surface area contributed by atoms with E-state index in [1.165, 1.54) is 0 Å². The predicted molar refractivity (Wildman–Crippen MR) is 116 cm³/mol. The summed E-state index contributed by atoms with van der Waals surface area (Å²) in [5.41, 5.74) is 1.58. The summed E-state index contributed by atoms with van der Waals surface area (Å²) >= 11 is 0. The van der Waals surface area contributed by atoms with Crippen LogP contribution in [0.1, 0.15) is 32.6 Å². The molecule has 0 bridgehead atoms. The third kappa shape index (κ3) is 3.06. The first-order valence-corrected chi connectivity index (χ1v) is 10.5. The Kier molecular flexibility index (Phi) is 4.50. The second-order valence-corrected chi connectivity index (χ2v) is 8.15. The van der Waals surface area contributed by atoms with Crippen molar-refractivity contribution in [3.8, 4) is 5.69 Å². The molecule has 5 rings (SSSR count). The summed E-state index contributed by atoms with van der Waals surface area (Å²) < 4.78 is 1.85. The zero-order chi connectivity index (χ0) is 21.6. The molecule has 1 spiro atoms. The number of carbonyl (C=O) groups is 3. The molecule has 2 fully saturated rings. The third-order valence-corrected chi connectivity index (χ3v) is 6.23. The van der Waals surface area contributed by atoms with Crippen molar-refractivity contribution in [3.63, 3.8) is 0 Å². The number of nitrogens with zero attached hydrogens (tertiary/aromatic N) is 3. The Bertz CT molecular complexity index is 1180. The molecule has 31 heavy (non-hydrogen) atoms. The molecule has 8 heteroatoms. The van der Waals surface area contributed by atoms with Gasteiger partial charge in [0.05, 0.1) is 11.0 Å². The van der Waals surface area contributed by atoms with Crippen molar-refractivity contribution < 1.29 is 14.4 Å². The molecule has 3 aromatic rings. The Labute approximate surface area is 179 Å². The van der Waals surface area contributed by atoms with Gasteiger partial charge in [-0.1, -0.05) is 43.2 Å². The Balaban J connectivity index is 1.46. The van der Waals surface area contributed by atoms with Crippen molar-refractivity contribution >= 4 is 34.8 Å². The highest BCUT2D eigenvalue weighted by Crippen LogP contribution is 2.36. The van der Waals surface area contributed by atoms with Crippen LogP contribution in [0.2, 0.25) is 0 Å². The van der Waals surface area contributed by atoms with E-state index in [0.29, 0.717) is 18.8 Å². The summed E-state index contributed by atoms with van der Waals surface area (Å²) in [6.07, 6.45) is 3.02. The molecular weight excluding hydrogens is 394 g/mol. The van der Waals surface area contributed by atoms with Gasteiger partial charge in [-0.15, -0.1) is 0 Å². The molecule has 2 heterocycles. The largest absolute Gasteiger partial charge is 0.325 e. The summed E-state index contributed by atoms with van der Waals surface area (Å²) in [6.45, 7) is 1.57. The minimum Gasteiger partial charge on any atom is -0.323 e. The van der Waals surface area contributed by atoms with E-state index in [4.69, 9.17) is 0 Å². The van der Waals surface area contributed by atoms with Crippen molar-refractivity contribution in [3.05, 3.63) is 54.6 Å². The number of hydrogen-bond acceptors (Lipinski definition) is 4. The zero-order valence-corrected chi connectivity index (χ0v) is 17.2. The lowest BCUT2D eigenvalue weighted by Gasteiger charge is -2.23. The monoisotopic (exact) mass is 417 g/mol. The van der Waals surface area contributed by atoms with E-state index in [1.54, 1.807) is 6.92 Å². The van der Waals surface area contributed by atoms with Crippen molar-refractivity contribution in [1.29, 1.82) is 0 Å². The molecule has 1 saturated heterocycles. The number of anilines is 1. The molecule has 1 atom stereocenters. The first kappa shape index (κ1) is 19.3. The second-order valence-electron chi connectivity index (χ2n) is 8.15. The maximum absolute atomic E-state index is 13.1. The van der Waals surface area contributed by atoms with E-state index < -0.39 is 23.5 Å². The van der Waals surface area contributed by atoms with Gasteiger partial charge in [-0.25, -0.2) is 14.7 Å². The number of para-hydroxylation sites is 3. The fourth-order valence-electron chi connectivity index (χ4n) is 4.59. The van der Waals surface area contributed by atoms with Crippen LogP contribution >= 0.6 is 0 Å². The Morgan fingerprint density at radius 2 is 1.74 bits per heavy atom. The van der Waals surface area contributed by atoms with E-state index in [9.17, 15) is 14.4 Å². The van der Waals surface area contributed by atoms with Crippen LogP contribution in [0, 0.1) is 0 Å². The maximum Gasteiger partial charge on any atom is 0.325 e. The first-order valence-electron chi connectivity index (χ1n) is 10.5. The van der Waals surface area contributed by atoms with Crippen LogP contribution < -0.4 is 10.6 Å². The fraction of sp³-hybridized carbons (Fsp3) is 0.304. The van der Waals surface area contributed by atoms with Gasteiger partial charge in [0.2, 0.25) is 11.9 Å². The van der Waals surface area contributed by atoms with Crippen molar-refractivity contribution in [1.82, 2.24) is 19.8 Å². The zero-order valence-electron chi connectivity index (χ0n) is 17.2. The predicted octanol–water partition coefficient (Wildman–Crippen LogP) is 3.22. The lowest BCUT2D eigenvalue weighted by Crippen LogP contribution is -2.48. The van der Waals surface area contributed by atoms with Gasteiger partial charge in [0.15, 0.2) is 0 Å². The molecule has 158 valence electrons. The molecule has 1 aliphatic heterocycles. The number of aromatic nitrogens is 2. The highest BCUT2D eigenvalue weighted by Gasteiger charge is 2.54. The number of amides is 4. The van der Waals surface area contributed by atoms with Crippen LogP contribution in [0.3, 0.4) is 0 Å². The summed E-state index contributed by atoms with van der Waals surface area (Å²) in [5, 5.41) is 5.66. The van der Waals surface area contributed by atoms with Gasteiger partial charge in [-0.05, 0) is 44.0 Å². The summed E-state index contributed by atoms with van der Waals surface area (Å²) in [7, 11) is 0. The van der Waals surface area contributed by atoms with Gasteiger partial charge < -0.3 is 5.32 Å². The van der Waals surface area contributed by atoms with Crippen molar-refractivity contribution in [2.24, 2.45) is 0 Å². The van der Waals surface area contributed by atoms with Gasteiger partial charge in [-0.2, -0.15) is 0 Å². The highest BCUT2D eigenvalue weighted by molar-refractivity contribution is 6.11. The summed E-state index contributed by atoms with van der Waals surface area (Å²) in [4.78, 5) is 44.3. The van der Waals surface area contributed by atoms with Gasteiger partial charge in [0, 0.05) is 5.69 Å². The Morgan fingerprint density at radius 1 is 1.06 bits per heavy atom. The number of imidazole rings is 1. The lowest BCUT2D eigenvalue weighted by atomic mass is 9.97. The number of rotatable bonds is 4. The molecular formula is C23H23N5O3.